The van der Waals surface area contributed by atoms with Crippen LogP contribution in [0, 0.1) is 0 Å². The van der Waals surface area contributed by atoms with Gasteiger partial charge in [-0.05, 0) is 69.2 Å². The van der Waals surface area contributed by atoms with Gasteiger partial charge in [0.25, 0.3) is 10.0 Å². The van der Waals surface area contributed by atoms with Crippen LogP contribution in [0.2, 0.25) is 10.0 Å². The summed E-state index contributed by atoms with van der Waals surface area (Å²) in [7, 11) is -3.99. The second-order valence-electron chi connectivity index (χ2n) is 7.17. The van der Waals surface area contributed by atoms with E-state index < -0.39 is 10.0 Å². The second-order valence-corrected chi connectivity index (χ2v) is 9.88. The minimum atomic E-state index is -3.99. The quantitative estimate of drug-likeness (QED) is 0.567. The fourth-order valence-corrected chi connectivity index (χ4v) is 5.45. The molecule has 6 nitrogen and oxygen atoms in total. The van der Waals surface area contributed by atoms with E-state index in [0.717, 1.165) is 30.4 Å². The van der Waals surface area contributed by atoms with Crippen LogP contribution in [0.25, 0.3) is 0 Å². The van der Waals surface area contributed by atoms with E-state index in [1.54, 1.807) is 24.3 Å². The zero-order chi connectivity index (χ0) is 21.6. The van der Waals surface area contributed by atoms with Crippen molar-refractivity contribution < 1.29 is 13.2 Å². The van der Waals surface area contributed by atoms with Gasteiger partial charge in [-0.25, -0.2) is 8.42 Å². The van der Waals surface area contributed by atoms with Gasteiger partial charge in [-0.15, -0.1) is 0 Å². The van der Waals surface area contributed by atoms with E-state index in [0.29, 0.717) is 11.6 Å². The second kappa shape index (κ2) is 10.5. The maximum absolute atomic E-state index is 13.3. The number of rotatable bonds is 9. The summed E-state index contributed by atoms with van der Waals surface area (Å²) in [5.41, 5.74) is 0.206. The van der Waals surface area contributed by atoms with Gasteiger partial charge in [0, 0.05) is 11.6 Å². The van der Waals surface area contributed by atoms with Gasteiger partial charge in [0.05, 0.1) is 15.6 Å². The summed E-state index contributed by atoms with van der Waals surface area (Å²) in [6.45, 7) is 3.25. The zero-order valence-electron chi connectivity index (χ0n) is 16.6. The van der Waals surface area contributed by atoms with Crippen LogP contribution in [0.3, 0.4) is 0 Å². The molecule has 1 aliphatic heterocycles. The van der Waals surface area contributed by atoms with E-state index in [4.69, 9.17) is 23.2 Å². The Bertz CT molecular complexity index is 965. The van der Waals surface area contributed by atoms with E-state index in [1.807, 2.05) is 0 Å². The molecule has 162 valence electrons. The lowest BCUT2D eigenvalue weighted by molar-refractivity contribution is -0.119. The number of carbonyl (C=O) groups excluding carboxylic acids is 1. The predicted molar refractivity (Wildman–Crippen MR) is 121 cm³/mol. The molecule has 0 aromatic heterocycles. The molecule has 1 N–H and O–H groups in total. The summed E-state index contributed by atoms with van der Waals surface area (Å²) in [5.74, 6) is -0.387. The Morgan fingerprint density at radius 2 is 1.77 bits per heavy atom. The maximum Gasteiger partial charge on any atom is 0.264 e. The standard InChI is InChI=1S/C21H25Cl2N3O3S/c22-17-9-10-20(19(23)15-17)26(30(28,29)18-7-2-1-3-8-18)16-21(27)24-11-6-14-25-12-4-5-13-25/h1-3,7-10,15H,4-6,11-14,16H2,(H,24,27). The molecular formula is C21H25Cl2N3O3S. The maximum atomic E-state index is 13.3. The molecule has 1 aliphatic rings. The van der Waals surface area contributed by atoms with Crippen LogP contribution in [-0.2, 0) is 14.8 Å². The molecule has 3 rings (SSSR count). The van der Waals surface area contributed by atoms with Crippen LogP contribution in [0.4, 0.5) is 5.69 Å². The zero-order valence-corrected chi connectivity index (χ0v) is 18.9. The van der Waals surface area contributed by atoms with Crippen molar-refractivity contribution in [1.29, 1.82) is 0 Å². The van der Waals surface area contributed by atoms with Crippen LogP contribution in [0.15, 0.2) is 53.4 Å². The highest BCUT2D eigenvalue weighted by atomic mass is 35.5. The van der Waals surface area contributed by atoms with Gasteiger partial charge in [0.1, 0.15) is 6.54 Å². The third-order valence-corrected chi connectivity index (χ3v) is 7.28. The molecule has 30 heavy (non-hydrogen) atoms. The topological polar surface area (TPSA) is 69.7 Å². The van der Waals surface area contributed by atoms with Crippen LogP contribution >= 0.6 is 23.2 Å². The van der Waals surface area contributed by atoms with Gasteiger partial charge in [0.15, 0.2) is 0 Å². The number of hydrogen-bond acceptors (Lipinski definition) is 4. The number of amides is 1. The van der Waals surface area contributed by atoms with Gasteiger partial charge in [-0.1, -0.05) is 41.4 Å². The Labute approximate surface area is 187 Å². The molecule has 0 aliphatic carbocycles. The number of likely N-dealkylation sites (tertiary alicyclic amines) is 1. The Balaban J connectivity index is 1.73. The number of carbonyl (C=O) groups is 1. The third kappa shape index (κ3) is 5.88. The van der Waals surface area contributed by atoms with Crippen molar-refractivity contribution in [3.8, 4) is 0 Å². The van der Waals surface area contributed by atoms with Gasteiger partial charge < -0.3 is 10.2 Å². The molecule has 0 bridgehead atoms. The lowest BCUT2D eigenvalue weighted by Gasteiger charge is -2.25. The summed E-state index contributed by atoms with van der Waals surface area (Å²) in [6.07, 6.45) is 3.26. The summed E-state index contributed by atoms with van der Waals surface area (Å²) < 4.78 is 27.5. The average Bonchev–Trinajstić information content (AvgIpc) is 3.24. The number of sulfonamides is 1. The van der Waals surface area contributed by atoms with Gasteiger partial charge in [-0.2, -0.15) is 0 Å². The predicted octanol–water partition coefficient (Wildman–Crippen LogP) is 3.79. The van der Waals surface area contributed by atoms with Crippen molar-refractivity contribution in [3.05, 3.63) is 58.6 Å². The van der Waals surface area contributed by atoms with E-state index in [1.165, 1.54) is 37.1 Å². The molecule has 0 atom stereocenters. The third-order valence-electron chi connectivity index (χ3n) is 4.97. The van der Waals surface area contributed by atoms with Crippen molar-refractivity contribution in [2.45, 2.75) is 24.2 Å². The summed E-state index contributed by atoms with van der Waals surface area (Å²) in [4.78, 5) is 15.0. The molecule has 0 radical (unpaired) electrons. The smallest absolute Gasteiger partial charge is 0.264 e. The highest BCUT2D eigenvalue weighted by Gasteiger charge is 2.28. The Kier molecular flexibility index (Phi) is 7.99. The minimum absolute atomic E-state index is 0.0813. The highest BCUT2D eigenvalue weighted by molar-refractivity contribution is 7.92. The summed E-state index contributed by atoms with van der Waals surface area (Å²) in [6, 6.07) is 12.5. The van der Waals surface area contributed by atoms with Gasteiger partial charge >= 0.3 is 0 Å². The highest BCUT2D eigenvalue weighted by Crippen LogP contribution is 2.32. The summed E-state index contributed by atoms with van der Waals surface area (Å²) in [5, 5.41) is 3.36. The SMILES string of the molecule is O=C(CN(c1ccc(Cl)cc1Cl)S(=O)(=O)c1ccccc1)NCCCN1CCCC1. The Hall–Kier alpha value is -1.80. The van der Waals surface area contributed by atoms with Crippen molar-refractivity contribution in [2.75, 3.05) is 37.0 Å². The fraction of sp³-hybridized carbons (Fsp3) is 0.381. The average molecular weight is 470 g/mol. The van der Waals surface area contributed by atoms with Crippen LogP contribution < -0.4 is 9.62 Å². The van der Waals surface area contributed by atoms with Crippen molar-refractivity contribution >= 4 is 44.8 Å². The first kappa shape index (κ1) is 22.9. The number of hydrogen-bond donors (Lipinski definition) is 1. The van der Waals surface area contributed by atoms with Crippen molar-refractivity contribution in [2.24, 2.45) is 0 Å². The van der Waals surface area contributed by atoms with E-state index >= 15 is 0 Å². The van der Waals surface area contributed by atoms with E-state index in [-0.39, 0.29) is 28.1 Å². The Morgan fingerprint density at radius 3 is 2.43 bits per heavy atom. The first-order chi connectivity index (χ1) is 14.4. The molecule has 1 amide bonds. The fourth-order valence-electron chi connectivity index (χ4n) is 3.43. The Morgan fingerprint density at radius 1 is 1.07 bits per heavy atom. The van der Waals surface area contributed by atoms with Crippen LogP contribution in [0.5, 0.6) is 0 Å². The molecule has 2 aromatic rings. The lowest BCUT2D eigenvalue weighted by Crippen LogP contribution is -2.41. The molecule has 0 saturated carbocycles. The van der Waals surface area contributed by atoms with E-state index in [9.17, 15) is 13.2 Å². The van der Waals surface area contributed by atoms with Crippen molar-refractivity contribution in [3.63, 3.8) is 0 Å². The number of halogens is 2. The normalized spacial score (nSPS) is 14.6. The molecule has 1 saturated heterocycles. The number of anilines is 1. The first-order valence-electron chi connectivity index (χ1n) is 9.90. The van der Waals surface area contributed by atoms with Crippen LogP contribution in [0.1, 0.15) is 19.3 Å². The molecule has 1 fully saturated rings. The number of benzene rings is 2. The molecule has 2 aromatic carbocycles. The lowest BCUT2D eigenvalue weighted by atomic mass is 10.3. The van der Waals surface area contributed by atoms with Crippen LogP contribution in [-0.4, -0.2) is 51.9 Å². The molecule has 0 unspecified atom stereocenters. The largest absolute Gasteiger partial charge is 0.354 e. The number of nitrogens with zero attached hydrogens (tertiary/aromatic N) is 2. The summed E-state index contributed by atoms with van der Waals surface area (Å²) >= 11 is 12.2. The van der Waals surface area contributed by atoms with Crippen molar-refractivity contribution in [1.82, 2.24) is 10.2 Å². The minimum Gasteiger partial charge on any atom is -0.354 e. The van der Waals surface area contributed by atoms with E-state index in [2.05, 4.69) is 10.2 Å². The monoisotopic (exact) mass is 469 g/mol. The molecular weight excluding hydrogens is 445 g/mol. The molecule has 0 spiro atoms. The molecule has 9 heteroatoms. The number of nitrogens with one attached hydrogen (secondary N) is 1. The van der Waals surface area contributed by atoms with Gasteiger partial charge in [0.2, 0.25) is 5.91 Å². The first-order valence-corrected chi connectivity index (χ1v) is 12.1. The van der Waals surface area contributed by atoms with Gasteiger partial charge in [-0.3, -0.25) is 9.10 Å². The molecule has 1 heterocycles.